The molecule has 0 unspecified atom stereocenters. The summed E-state index contributed by atoms with van der Waals surface area (Å²) in [7, 11) is 0. The van der Waals surface area contributed by atoms with E-state index in [1.807, 2.05) is 18.2 Å². The lowest BCUT2D eigenvalue weighted by Gasteiger charge is -2.33. The molecular weight excluding hydrogens is 286 g/mol. The molecule has 0 radical (unpaired) electrons. The van der Waals surface area contributed by atoms with Crippen LogP contribution in [0, 0.1) is 0 Å². The van der Waals surface area contributed by atoms with Crippen LogP contribution in [-0.4, -0.2) is 45.2 Å². The Balaban J connectivity index is 1.76. The Bertz CT molecular complexity index is 459. The number of benzene rings is 1. The Morgan fingerprint density at radius 3 is 2.71 bits per heavy atom. The fourth-order valence-corrected chi connectivity index (χ4v) is 2.90. The van der Waals surface area contributed by atoms with Crippen LogP contribution in [0.15, 0.2) is 24.3 Å². The zero-order chi connectivity index (χ0) is 15.1. The number of hydrogen-bond acceptors (Lipinski definition) is 2. The minimum absolute atomic E-state index is 0.171. The third kappa shape index (κ3) is 4.90. The van der Waals surface area contributed by atoms with Gasteiger partial charge in [0.25, 0.3) is 5.91 Å². The van der Waals surface area contributed by atoms with Gasteiger partial charge in [-0.25, -0.2) is 0 Å². The minimum Gasteiger partial charge on any atom is -0.359 e. The number of piperazine rings is 1. The van der Waals surface area contributed by atoms with Gasteiger partial charge < -0.3 is 15.1 Å². The number of nitrogens with zero attached hydrogens (tertiary/aromatic N) is 1. The highest BCUT2D eigenvalue weighted by Crippen LogP contribution is 2.24. The van der Waals surface area contributed by atoms with Crippen molar-refractivity contribution in [1.29, 1.82) is 0 Å². The van der Waals surface area contributed by atoms with Gasteiger partial charge in [0.05, 0.1) is 36.9 Å². The van der Waals surface area contributed by atoms with E-state index in [4.69, 9.17) is 11.6 Å². The standard InChI is InChI=1S/C16H24ClN3O/c1-2-3-8-18-16(21)13-19-9-11-20(12-10-19)15-7-5-4-6-14(15)17/h4-7H,2-3,8-13H2,1H3,(H,18,21)/p+1. The van der Waals surface area contributed by atoms with Crippen molar-refractivity contribution in [2.75, 3.05) is 44.2 Å². The van der Waals surface area contributed by atoms with Crippen LogP contribution in [0.4, 0.5) is 5.69 Å². The Morgan fingerprint density at radius 1 is 1.33 bits per heavy atom. The van der Waals surface area contributed by atoms with E-state index in [9.17, 15) is 4.79 Å². The largest absolute Gasteiger partial charge is 0.359 e. The van der Waals surface area contributed by atoms with Crippen LogP contribution in [-0.2, 0) is 4.79 Å². The van der Waals surface area contributed by atoms with Gasteiger partial charge in [0.2, 0.25) is 0 Å². The fraction of sp³-hybridized carbons (Fsp3) is 0.562. The normalized spacial score (nSPS) is 16.0. The van der Waals surface area contributed by atoms with E-state index in [0.717, 1.165) is 56.3 Å². The molecule has 1 heterocycles. The van der Waals surface area contributed by atoms with Crippen LogP contribution in [0.25, 0.3) is 0 Å². The summed E-state index contributed by atoms with van der Waals surface area (Å²) in [5.41, 5.74) is 1.10. The number of anilines is 1. The number of halogens is 1. The summed E-state index contributed by atoms with van der Waals surface area (Å²) in [6.07, 6.45) is 2.17. The summed E-state index contributed by atoms with van der Waals surface area (Å²) in [6, 6.07) is 7.96. The number of rotatable bonds is 6. The van der Waals surface area contributed by atoms with E-state index >= 15 is 0 Å². The van der Waals surface area contributed by atoms with Crippen molar-refractivity contribution < 1.29 is 9.69 Å². The molecule has 0 spiro atoms. The number of carbonyl (C=O) groups is 1. The van der Waals surface area contributed by atoms with Crippen LogP contribution in [0.2, 0.25) is 5.02 Å². The third-order valence-electron chi connectivity index (χ3n) is 3.93. The number of unbranched alkanes of at least 4 members (excludes halogenated alkanes) is 1. The zero-order valence-corrected chi connectivity index (χ0v) is 13.5. The SMILES string of the molecule is CCCCNC(=O)C[NH+]1CCN(c2ccccc2Cl)CC1. The highest BCUT2D eigenvalue weighted by atomic mass is 35.5. The molecule has 1 saturated heterocycles. The van der Waals surface area contributed by atoms with Crippen LogP contribution in [0.5, 0.6) is 0 Å². The Labute approximate surface area is 132 Å². The lowest BCUT2D eigenvalue weighted by Crippen LogP contribution is -3.16. The monoisotopic (exact) mass is 310 g/mol. The molecule has 1 aliphatic heterocycles. The predicted octanol–water partition coefficient (Wildman–Crippen LogP) is 0.961. The summed E-state index contributed by atoms with van der Waals surface area (Å²) in [4.78, 5) is 15.5. The molecule has 2 N–H and O–H groups in total. The van der Waals surface area contributed by atoms with E-state index < -0.39 is 0 Å². The van der Waals surface area contributed by atoms with Crippen molar-refractivity contribution in [2.24, 2.45) is 0 Å². The van der Waals surface area contributed by atoms with Crippen molar-refractivity contribution in [3.05, 3.63) is 29.3 Å². The first-order chi connectivity index (χ1) is 10.2. The molecule has 1 fully saturated rings. The number of quaternary nitrogens is 1. The van der Waals surface area contributed by atoms with Gasteiger partial charge in [-0.3, -0.25) is 4.79 Å². The van der Waals surface area contributed by atoms with Crippen LogP contribution in [0.3, 0.4) is 0 Å². The quantitative estimate of drug-likeness (QED) is 0.768. The molecule has 1 aromatic rings. The molecular formula is C16H25ClN3O+. The van der Waals surface area contributed by atoms with Crippen molar-refractivity contribution in [1.82, 2.24) is 5.32 Å². The third-order valence-corrected chi connectivity index (χ3v) is 4.25. The summed E-state index contributed by atoms with van der Waals surface area (Å²) in [5, 5.41) is 3.79. The number of nitrogens with one attached hydrogen (secondary N) is 2. The first-order valence-electron chi connectivity index (χ1n) is 7.80. The average molecular weight is 311 g/mol. The van der Waals surface area contributed by atoms with E-state index in [0.29, 0.717) is 6.54 Å². The number of carbonyl (C=O) groups excluding carboxylic acids is 1. The average Bonchev–Trinajstić information content (AvgIpc) is 2.49. The number of para-hydroxylation sites is 1. The second-order valence-corrected chi connectivity index (χ2v) is 5.98. The van der Waals surface area contributed by atoms with E-state index in [2.05, 4.69) is 23.2 Å². The Hall–Kier alpha value is -1.26. The van der Waals surface area contributed by atoms with Crippen molar-refractivity contribution in [3.8, 4) is 0 Å². The first-order valence-corrected chi connectivity index (χ1v) is 8.18. The maximum atomic E-state index is 11.8. The summed E-state index contributed by atoms with van der Waals surface area (Å²) in [5.74, 6) is 0.171. The van der Waals surface area contributed by atoms with E-state index in [1.165, 1.54) is 4.90 Å². The number of amides is 1. The summed E-state index contributed by atoms with van der Waals surface area (Å²) < 4.78 is 0. The molecule has 116 valence electrons. The topological polar surface area (TPSA) is 36.8 Å². The van der Waals surface area contributed by atoms with Gasteiger partial charge >= 0.3 is 0 Å². The van der Waals surface area contributed by atoms with Gasteiger partial charge in [-0.2, -0.15) is 0 Å². The van der Waals surface area contributed by atoms with Gasteiger partial charge in [-0.15, -0.1) is 0 Å². The van der Waals surface area contributed by atoms with Crippen LogP contribution in [0.1, 0.15) is 19.8 Å². The Morgan fingerprint density at radius 2 is 2.05 bits per heavy atom. The van der Waals surface area contributed by atoms with Crippen molar-refractivity contribution in [3.63, 3.8) is 0 Å². The van der Waals surface area contributed by atoms with E-state index in [1.54, 1.807) is 0 Å². The molecule has 0 aliphatic carbocycles. The zero-order valence-electron chi connectivity index (χ0n) is 12.7. The molecule has 1 aliphatic rings. The Kier molecular flexibility index (Phi) is 6.33. The minimum atomic E-state index is 0.171. The van der Waals surface area contributed by atoms with Crippen molar-refractivity contribution >= 4 is 23.2 Å². The van der Waals surface area contributed by atoms with Gasteiger partial charge in [0.15, 0.2) is 6.54 Å². The fourth-order valence-electron chi connectivity index (χ4n) is 2.64. The van der Waals surface area contributed by atoms with Crippen molar-refractivity contribution in [2.45, 2.75) is 19.8 Å². The van der Waals surface area contributed by atoms with E-state index in [-0.39, 0.29) is 5.91 Å². The predicted molar refractivity (Wildman–Crippen MR) is 87.1 cm³/mol. The van der Waals surface area contributed by atoms with Gasteiger partial charge in [0.1, 0.15) is 0 Å². The molecule has 2 rings (SSSR count). The van der Waals surface area contributed by atoms with Crippen LogP contribution >= 0.6 is 11.6 Å². The maximum Gasteiger partial charge on any atom is 0.275 e. The molecule has 21 heavy (non-hydrogen) atoms. The molecule has 5 heteroatoms. The molecule has 0 bridgehead atoms. The molecule has 0 aromatic heterocycles. The second-order valence-electron chi connectivity index (χ2n) is 5.57. The smallest absolute Gasteiger partial charge is 0.275 e. The molecule has 1 aromatic carbocycles. The molecule has 0 atom stereocenters. The first kappa shape index (κ1) is 16.1. The maximum absolute atomic E-state index is 11.8. The lowest BCUT2D eigenvalue weighted by molar-refractivity contribution is -0.892. The number of hydrogen-bond donors (Lipinski definition) is 2. The van der Waals surface area contributed by atoms with Gasteiger partial charge in [-0.1, -0.05) is 37.1 Å². The molecule has 4 nitrogen and oxygen atoms in total. The molecule has 0 saturated carbocycles. The van der Waals surface area contributed by atoms with Crippen LogP contribution < -0.4 is 15.1 Å². The highest BCUT2D eigenvalue weighted by molar-refractivity contribution is 6.33. The second kappa shape index (κ2) is 8.25. The highest BCUT2D eigenvalue weighted by Gasteiger charge is 2.23. The van der Waals surface area contributed by atoms with Gasteiger partial charge in [0, 0.05) is 6.54 Å². The summed E-state index contributed by atoms with van der Waals surface area (Å²) >= 11 is 6.24. The molecule has 1 amide bonds. The van der Waals surface area contributed by atoms with Gasteiger partial charge in [-0.05, 0) is 18.6 Å². The summed E-state index contributed by atoms with van der Waals surface area (Å²) in [6.45, 7) is 7.36. The lowest BCUT2D eigenvalue weighted by atomic mass is 10.2.